The van der Waals surface area contributed by atoms with Crippen LogP contribution in [0.1, 0.15) is 25.3 Å². The van der Waals surface area contributed by atoms with Gasteiger partial charge < -0.3 is 34.6 Å². The second-order valence-electron chi connectivity index (χ2n) is 12.0. The Morgan fingerprint density at radius 3 is 2.79 bits per heavy atom. The van der Waals surface area contributed by atoms with E-state index in [4.69, 9.17) is 14.7 Å². The van der Waals surface area contributed by atoms with Gasteiger partial charge >= 0.3 is 0 Å². The molecule has 4 aromatic heterocycles. The number of piperazine rings is 1. The summed E-state index contributed by atoms with van der Waals surface area (Å²) in [5.74, 6) is 2.16. The summed E-state index contributed by atoms with van der Waals surface area (Å²) in [6.07, 6.45) is 10.9. The largest absolute Gasteiger partial charge is 0.489 e. The highest BCUT2D eigenvalue weighted by Crippen LogP contribution is 2.40. The van der Waals surface area contributed by atoms with E-state index in [0.29, 0.717) is 18.0 Å². The highest BCUT2D eigenvalue weighted by Gasteiger charge is 2.36. The molecule has 3 aliphatic heterocycles. The number of hydrogen-bond acceptors (Lipinski definition) is 9. The minimum absolute atomic E-state index is 0.422. The molecule has 3 aliphatic rings. The summed E-state index contributed by atoms with van der Waals surface area (Å²) < 4.78 is 8.40. The smallest absolute Gasteiger partial charge is 0.231 e. The fraction of sp³-hybridized carbons (Fsp3) is 0.406. The van der Waals surface area contributed by atoms with Crippen LogP contribution in [0.5, 0.6) is 5.75 Å². The Balaban J connectivity index is 1.02. The molecule has 11 heteroatoms. The van der Waals surface area contributed by atoms with Crippen molar-refractivity contribution in [2.45, 2.75) is 38.3 Å². The third-order valence-corrected chi connectivity index (χ3v) is 9.39. The number of pyridine rings is 1. The average molecular weight is 579 g/mol. The van der Waals surface area contributed by atoms with E-state index in [0.717, 1.165) is 71.2 Å². The number of nitrogens with one attached hydrogen (secondary N) is 3. The number of nitrogens with zero attached hydrogens (tertiary/aromatic N) is 7. The van der Waals surface area contributed by atoms with E-state index in [-0.39, 0.29) is 0 Å². The lowest BCUT2D eigenvalue weighted by Crippen LogP contribution is -2.57. The topological polar surface area (TPSA) is 102 Å². The maximum atomic E-state index is 6.36. The Bertz CT molecular complexity index is 1770. The number of imidazole rings is 1. The highest BCUT2D eigenvalue weighted by atomic mass is 16.5. The van der Waals surface area contributed by atoms with Crippen LogP contribution in [-0.2, 0) is 6.42 Å². The molecule has 7 heterocycles. The van der Waals surface area contributed by atoms with Crippen molar-refractivity contribution in [2.75, 3.05) is 61.9 Å². The normalized spacial score (nSPS) is 21.0. The molecule has 0 aliphatic carbocycles. The molecule has 11 nitrogen and oxygen atoms in total. The first-order valence-corrected chi connectivity index (χ1v) is 15.4. The number of aromatic nitrogens is 5. The van der Waals surface area contributed by atoms with Crippen molar-refractivity contribution in [3.63, 3.8) is 0 Å². The maximum absolute atomic E-state index is 6.36. The summed E-state index contributed by atoms with van der Waals surface area (Å²) in [5.41, 5.74) is 5.92. The molecule has 0 saturated carbocycles. The van der Waals surface area contributed by atoms with E-state index in [1.165, 1.54) is 38.3 Å². The molecular weight excluding hydrogens is 540 g/mol. The molecule has 43 heavy (non-hydrogen) atoms. The number of fused-ring (bicyclic) bond motifs is 5. The highest BCUT2D eigenvalue weighted by molar-refractivity contribution is 5.91. The zero-order chi connectivity index (χ0) is 28.9. The van der Waals surface area contributed by atoms with Crippen molar-refractivity contribution in [1.29, 1.82) is 0 Å². The summed E-state index contributed by atoms with van der Waals surface area (Å²) >= 11 is 0. The summed E-state index contributed by atoms with van der Waals surface area (Å²) in [5, 5.41) is 7.93. The number of ether oxygens (including phenoxy) is 1. The van der Waals surface area contributed by atoms with Gasteiger partial charge in [-0.25, -0.2) is 4.98 Å². The molecule has 3 N–H and O–H groups in total. The number of likely N-dealkylation sites (N-methyl/N-ethyl adjacent to an activating group) is 1. The second-order valence-corrected chi connectivity index (χ2v) is 12.0. The van der Waals surface area contributed by atoms with Crippen LogP contribution >= 0.6 is 0 Å². The van der Waals surface area contributed by atoms with Crippen molar-refractivity contribution in [2.24, 2.45) is 0 Å². The van der Waals surface area contributed by atoms with Crippen LogP contribution in [0.25, 0.3) is 16.7 Å². The summed E-state index contributed by atoms with van der Waals surface area (Å²) in [6, 6.07) is 11.5. The van der Waals surface area contributed by atoms with Gasteiger partial charge in [-0.2, -0.15) is 9.97 Å². The zero-order valence-electron chi connectivity index (χ0n) is 24.8. The molecule has 8 rings (SSSR count). The first kappa shape index (κ1) is 26.3. The van der Waals surface area contributed by atoms with Crippen molar-refractivity contribution < 1.29 is 4.74 Å². The minimum atomic E-state index is 0.422. The van der Waals surface area contributed by atoms with E-state index in [9.17, 15) is 0 Å². The molecule has 0 radical (unpaired) electrons. The molecule has 0 bridgehead atoms. The van der Waals surface area contributed by atoms with Gasteiger partial charge in [0, 0.05) is 86.6 Å². The first-order chi connectivity index (χ1) is 21.1. The lowest BCUT2D eigenvalue weighted by molar-refractivity contribution is 0.0822. The predicted molar refractivity (Wildman–Crippen MR) is 170 cm³/mol. The van der Waals surface area contributed by atoms with Gasteiger partial charge in [0.05, 0.1) is 17.1 Å². The molecule has 5 aromatic rings. The van der Waals surface area contributed by atoms with E-state index < -0.39 is 0 Å². The Morgan fingerprint density at radius 2 is 1.91 bits per heavy atom. The van der Waals surface area contributed by atoms with Gasteiger partial charge in [0.25, 0.3) is 0 Å². The number of anilines is 5. The SMILES string of the molecule is CCc1c(Nc2nc(Nc3ccc4c(c3)OCC3CC(N5CCN(C)CC5)CCN43)nc3[nH]ccc23)ccn2ccnc12. The number of aromatic amines is 1. The van der Waals surface area contributed by atoms with Crippen LogP contribution in [-0.4, -0.2) is 92.6 Å². The molecule has 0 spiro atoms. The lowest BCUT2D eigenvalue weighted by atomic mass is 9.93. The molecule has 0 amide bonds. The van der Waals surface area contributed by atoms with E-state index in [2.05, 4.69) is 73.5 Å². The number of benzene rings is 1. The number of aryl methyl sites for hydroxylation is 1. The Kier molecular flexibility index (Phi) is 6.56. The van der Waals surface area contributed by atoms with E-state index in [1.54, 1.807) is 0 Å². The molecular formula is C32H38N10O. The van der Waals surface area contributed by atoms with Crippen molar-refractivity contribution >= 4 is 45.5 Å². The Labute approximate surface area is 250 Å². The summed E-state index contributed by atoms with van der Waals surface area (Å²) in [6.45, 7) is 8.61. The number of H-pyrrole nitrogens is 1. The molecule has 2 saturated heterocycles. The standard InChI is InChI=1S/C32H38N10O/c1-3-24-26(8-11-41-13-10-34-31(24)41)36-30-25-6-9-33-29(25)37-32(38-30)35-21-4-5-27-28(18-21)43-20-23-19-22(7-12-42(23)27)40-16-14-39(2)15-17-40/h4-6,8-11,13,18,22-23H,3,7,12,14-17,19-20H2,1-2H3,(H3,33,35,36,37,38). The van der Waals surface area contributed by atoms with Crippen molar-refractivity contribution in [3.05, 3.63) is 60.7 Å². The van der Waals surface area contributed by atoms with Gasteiger partial charge in [0.15, 0.2) is 0 Å². The van der Waals surface area contributed by atoms with Gasteiger partial charge in [0.1, 0.15) is 29.5 Å². The molecule has 2 atom stereocenters. The Morgan fingerprint density at radius 1 is 1.00 bits per heavy atom. The predicted octanol–water partition coefficient (Wildman–Crippen LogP) is 4.63. The third kappa shape index (κ3) is 4.82. The van der Waals surface area contributed by atoms with Gasteiger partial charge in [0.2, 0.25) is 5.95 Å². The van der Waals surface area contributed by atoms with E-state index in [1.807, 2.05) is 35.3 Å². The van der Waals surface area contributed by atoms with Gasteiger partial charge in [-0.05, 0) is 50.6 Å². The van der Waals surface area contributed by atoms with Crippen LogP contribution < -0.4 is 20.3 Å². The minimum Gasteiger partial charge on any atom is -0.489 e. The zero-order valence-corrected chi connectivity index (χ0v) is 24.8. The maximum Gasteiger partial charge on any atom is 0.231 e. The van der Waals surface area contributed by atoms with Gasteiger partial charge in [-0.15, -0.1) is 0 Å². The van der Waals surface area contributed by atoms with Crippen LogP contribution in [0.3, 0.4) is 0 Å². The van der Waals surface area contributed by atoms with Gasteiger partial charge in [-0.1, -0.05) is 6.92 Å². The number of hydrogen-bond donors (Lipinski definition) is 3. The number of piperidine rings is 1. The quantitative estimate of drug-likeness (QED) is 0.266. The van der Waals surface area contributed by atoms with Crippen molar-refractivity contribution in [3.8, 4) is 5.75 Å². The number of rotatable bonds is 6. The van der Waals surface area contributed by atoms with Crippen LogP contribution in [0.4, 0.5) is 28.8 Å². The van der Waals surface area contributed by atoms with Crippen LogP contribution in [0.2, 0.25) is 0 Å². The summed E-state index contributed by atoms with van der Waals surface area (Å²) in [4.78, 5) is 25.2. The third-order valence-electron chi connectivity index (χ3n) is 9.39. The summed E-state index contributed by atoms with van der Waals surface area (Å²) in [7, 11) is 2.22. The van der Waals surface area contributed by atoms with Crippen molar-refractivity contribution in [1.82, 2.24) is 34.1 Å². The fourth-order valence-electron chi connectivity index (χ4n) is 7.01. The first-order valence-electron chi connectivity index (χ1n) is 15.4. The molecule has 1 aromatic carbocycles. The van der Waals surface area contributed by atoms with Crippen LogP contribution in [0.15, 0.2) is 55.1 Å². The molecule has 2 fully saturated rings. The average Bonchev–Trinajstić information content (AvgIpc) is 3.71. The fourth-order valence-corrected chi connectivity index (χ4v) is 7.01. The van der Waals surface area contributed by atoms with Crippen LogP contribution in [0, 0.1) is 0 Å². The molecule has 2 unspecified atom stereocenters. The second kappa shape index (κ2) is 10.7. The Hall–Kier alpha value is -4.35. The lowest BCUT2D eigenvalue weighted by Gasteiger charge is -2.48. The van der Waals surface area contributed by atoms with Gasteiger partial charge in [-0.3, -0.25) is 4.90 Å². The van der Waals surface area contributed by atoms with E-state index >= 15 is 0 Å². The monoisotopic (exact) mass is 578 g/mol. The molecule has 222 valence electrons.